The first-order valence-corrected chi connectivity index (χ1v) is 11.7. The largest absolute Gasteiger partial charge is 0.302 e. The van der Waals surface area contributed by atoms with E-state index in [9.17, 15) is 4.79 Å². The molecule has 0 aliphatic rings. The maximum Gasteiger partial charge on any atom is 0.260 e. The molecule has 0 fully saturated rings. The number of aryl methyl sites for hydroxylation is 2. The molecule has 0 spiro atoms. The predicted molar refractivity (Wildman–Crippen MR) is 133 cm³/mol. The van der Waals surface area contributed by atoms with Crippen molar-refractivity contribution in [1.29, 1.82) is 0 Å². The lowest BCUT2D eigenvalue weighted by Gasteiger charge is -2.25. The Kier molecular flexibility index (Phi) is 6.35. The van der Waals surface area contributed by atoms with E-state index in [1.165, 1.54) is 5.56 Å². The molecule has 0 radical (unpaired) electrons. The Morgan fingerprint density at radius 3 is 2.48 bits per heavy atom. The molecule has 4 aromatic rings. The van der Waals surface area contributed by atoms with Crippen molar-refractivity contribution in [3.05, 3.63) is 71.3 Å². The van der Waals surface area contributed by atoms with E-state index in [0.717, 1.165) is 56.9 Å². The number of likely N-dealkylation sites (N-methyl/N-ethyl adjacent to an activating group) is 1. The van der Waals surface area contributed by atoms with Gasteiger partial charge in [0.05, 0.1) is 10.2 Å². The van der Waals surface area contributed by atoms with Gasteiger partial charge in [0.25, 0.3) is 5.91 Å². The first kappa shape index (κ1) is 21.5. The number of carbonyl (C=O) groups excluding carboxylic acids is 1. The number of carbonyl (C=O) groups is 1. The molecular weight excluding hydrogens is 402 g/mol. The summed E-state index contributed by atoms with van der Waals surface area (Å²) in [4.78, 5) is 23.0. The normalized spacial score (nSPS) is 11.5. The first-order chi connectivity index (χ1) is 15.0. The van der Waals surface area contributed by atoms with Gasteiger partial charge in [0.1, 0.15) is 0 Å². The van der Waals surface area contributed by atoms with Gasteiger partial charge < -0.3 is 4.90 Å². The van der Waals surface area contributed by atoms with Crippen LogP contribution < -0.4 is 4.90 Å². The number of nitrogens with zero attached hydrogens (tertiary/aromatic N) is 3. The highest BCUT2D eigenvalue weighted by Crippen LogP contribution is 2.33. The Balaban J connectivity index is 1.79. The van der Waals surface area contributed by atoms with Crippen LogP contribution in [0, 0.1) is 13.8 Å². The van der Waals surface area contributed by atoms with Gasteiger partial charge in [0, 0.05) is 18.7 Å². The van der Waals surface area contributed by atoms with E-state index >= 15 is 0 Å². The molecule has 0 bridgehead atoms. The van der Waals surface area contributed by atoms with Crippen LogP contribution in [0.4, 0.5) is 5.13 Å². The Morgan fingerprint density at radius 1 is 0.968 bits per heavy atom. The molecule has 1 amide bonds. The third-order valence-electron chi connectivity index (χ3n) is 5.85. The number of hydrogen-bond donors (Lipinski definition) is 0. The average molecular weight is 432 g/mol. The van der Waals surface area contributed by atoms with E-state index in [0.29, 0.717) is 6.54 Å². The molecule has 1 heterocycles. The lowest BCUT2D eigenvalue weighted by Crippen LogP contribution is -2.39. The van der Waals surface area contributed by atoms with E-state index < -0.39 is 0 Å². The molecule has 1 aromatic heterocycles. The third-order valence-corrected chi connectivity index (χ3v) is 6.87. The van der Waals surface area contributed by atoms with Crippen LogP contribution in [0.25, 0.3) is 21.0 Å². The number of anilines is 1. The summed E-state index contributed by atoms with van der Waals surface area (Å²) < 4.78 is 1.13. The zero-order chi connectivity index (χ0) is 22.0. The number of thiazole rings is 1. The SMILES string of the molecule is CCN(CC)CCN(C(=O)c1cccc2ccccc12)c1nc2c(C)cc(C)cc2s1. The molecule has 4 rings (SSSR count). The number of aromatic nitrogens is 1. The van der Waals surface area contributed by atoms with Crippen molar-refractivity contribution in [3.8, 4) is 0 Å². The molecule has 0 unspecified atom stereocenters. The fraction of sp³-hybridized carbons (Fsp3) is 0.308. The minimum absolute atomic E-state index is 0.0115. The van der Waals surface area contributed by atoms with Crippen molar-refractivity contribution in [1.82, 2.24) is 9.88 Å². The summed E-state index contributed by atoms with van der Waals surface area (Å²) in [5.41, 5.74) is 4.09. The Labute approximate surface area is 188 Å². The third kappa shape index (κ3) is 4.34. The lowest BCUT2D eigenvalue weighted by molar-refractivity contribution is 0.0985. The standard InChI is InChI=1S/C26H29N3OS/c1-5-28(6-2)14-15-29(26-27-24-19(4)16-18(3)17-23(24)31-26)25(30)22-13-9-11-20-10-7-8-12-21(20)22/h7-13,16-17H,5-6,14-15H2,1-4H3. The van der Waals surface area contributed by atoms with Crippen LogP contribution in [0.15, 0.2) is 54.6 Å². The second-order valence-electron chi connectivity index (χ2n) is 7.94. The van der Waals surface area contributed by atoms with Crippen LogP contribution in [0.1, 0.15) is 35.3 Å². The van der Waals surface area contributed by atoms with E-state index in [4.69, 9.17) is 4.98 Å². The summed E-state index contributed by atoms with van der Waals surface area (Å²) in [6.45, 7) is 11.9. The number of hydrogen-bond acceptors (Lipinski definition) is 4. The van der Waals surface area contributed by atoms with E-state index in [-0.39, 0.29) is 5.91 Å². The summed E-state index contributed by atoms with van der Waals surface area (Å²) in [6.07, 6.45) is 0. The highest BCUT2D eigenvalue weighted by Gasteiger charge is 2.23. The van der Waals surface area contributed by atoms with E-state index in [1.807, 2.05) is 35.2 Å². The minimum Gasteiger partial charge on any atom is -0.302 e. The molecule has 4 nitrogen and oxygen atoms in total. The molecule has 160 valence electrons. The van der Waals surface area contributed by atoms with Crippen molar-refractivity contribution in [3.63, 3.8) is 0 Å². The molecule has 0 aliphatic carbocycles. The van der Waals surface area contributed by atoms with Gasteiger partial charge in [-0.25, -0.2) is 4.98 Å². The second kappa shape index (κ2) is 9.16. The molecule has 0 aliphatic heterocycles. The number of fused-ring (bicyclic) bond motifs is 2. The van der Waals surface area contributed by atoms with Gasteiger partial charge in [-0.1, -0.05) is 67.6 Å². The van der Waals surface area contributed by atoms with Crippen LogP contribution in [-0.2, 0) is 0 Å². The maximum absolute atomic E-state index is 13.9. The summed E-state index contributed by atoms with van der Waals surface area (Å²) >= 11 is 1.60. The molecule has 3 aromatic carbocycles. The number of benzene rings is 3. The van der Waals surface area contributed by atoms with Gasteiger partial charge in [-0.15, -0.1) is 0 Å². The zero-order valence-corrected chi connectivity index (χ0v) is 19.5. The average Bonchev–Trinajstić information content (AvgIpc) is 3.20. The summed E-state index contributed by atoms with van der Waals surface area (Å²) in [5, 5.41) is 2.83. The van der Waals surface area contributed by atoms with Crippen molar-refractivity contribution >= 4 is 43.4 Å². The van der Waals surface area contributed by atoms with E-state index in [2.05, 4.69) is 56.9 Å². The predicted octanol–water partition coefficient (Wildman–Crippen LogP) is 6.05. The van der Waals surface area contributed by atoms with Crippen LogP contribution in [-0.4, -0.2) is 42.0 Å². The zero-order valence-electron chi connectivity index (χ0n) is 18.7. The van der Waals surface area contributed by atoms with Crippen LogP contribution in [0.3, 0.4) is 0 Å². The van der Waals surface area contributed by atoms with Gasteiger partial charge >= 0.3 is 0 Å². The summed E-state index contributed by atoms with van der Waals surface area (Å²) in [6, 6.07) is 18.3. The Morgan fingerprint density at radius 2 is 1.71 bits per heavy atom. The van der Waals surface area contributed by atoms with Gasteiger partial charge in [-0.05, 0) is 61.0 Å². The van der Waals surface area contributed by atoms with Crippen LogP contribution >= 0.6 is 11.3 Å². The number of amides is 1. The van der Waals surface area contributed by atoms with Gasteiger partial charge in [-0.3, -0.25) is 9.69 Å². The lowest BCUT2D eigenvalue weighted by atomic mass is 10.0. The van der Waals surface area contributed by atoms with E-state index in [1.54, 1.807) is 11.3 Å². The fourth-order valence-corrected chi connectivity index (χ4v) is 5.26. The molecule has 5 heteroatoms. The quantitative estimate of drug-likeness (QED) is 0.357. The summed E-state index contributed by atoms with van der Waals surface area (Å²) in [5.74, 6) is 0.0115. The number of rotatable bonds is 7. The molecule has 31 heavy (non-hydrogen) atoms. The van der Waals surface area contributed by atoms with Crippen molar-refractivity contribution in [2.24, 2.45) is 0 Å². The van der Waals surface area contributed by atoms with Gasteiger partial charge in [0.2, 0.25) is 0 Å². The highest BCUT2D eigenvalue weighted by atomic mass is 32.1. The Hall–Kier alpha value is -2.76. The molecule has 0 saturated heterocycles. The molecular formula is C26H29N3OS. The van der Waals surface area contributed by atoms with Gasteiger partial charge in [0.15, 0.2) is 5.13 Å². The maximum atomic E-state index is 13.9. The smallest absolute Gasteiger partial charge is 0.260 e. The first-order valence-electron chi connectivity index (χ1n) is 10.9. The topological polar surface area (TPSA) is 36.4 Å². The highest BCUT2D eigenvalue weighted by molar-refractivity contribution is 7.22. The minimum atomic E-state index is 0.0115. The second-order valence-corrected chi connectivity index (χ2v) is 8.94. The van der Waals surface area contributed by atoms with Crippen molar-refractivity contribution in [2.45, 2.75) is 27.7 Å². The monoisotopic (exact) mass is 431 g/mol. The van der Waals surface area contributed by atoms with Crippen molar-refractivity contribution in [2.75, 3.05) is 31.1 Å². The molecule has 0 atom stereocenters. The Bertz CT molecular complexity index is 1220. The fourth-order valence-electron chi connectivity index (χ4n) is 4.10. The molecule has 0 saturated carbocycles. The summed E-state index contributed by atoms with van der Waals surface area (Å²) in [7, 11) is 0. The van der Waals surface area contributed by atoms with Crippen molar-refractivity contribution < 1.29 is 4.79 Å². The molecule has 0 N–H and O–H groups in total. The van der Waals surface area contributed by atoms with Crippen LogP contribution in [0.5, 0.6) is 0 Å². The van der Waals surface area contributed by atoms with Crippen LogP contribution in [0.2, 0.25) is 0 Å². The van der Waals surface area contributed by atoms with Gasteiger partial charge in [-0.2, -0.15) is 0 Å².